The number of aromatic nitrogens is 1. The smallest absolute Gasteiger partial charge is 0.409 e. The number of ether oxygens (including phenoxy) is 2. The molecule has 1 unspecified atom stereocenters. The Morgan fingerprint density at radius 3 is 2.48 bits per heavy atom. The van der Waals surface area contributed by atoms with Crippen molar-refractivity contribution >= 4 is 48.7 Å². The zero-order chi connectivity index (χ0) is 28.4. The summed E-state index contributed by atoms with van der Waals surface area (Å²) in [5.41, 5.74) is 3.48. The highest BCUT2D eigenvalue weighted by Gasteiger charge is 2.32. The number of amides is 2. The number of carbonyl (C=O) groups excluding carboxylic acids is 2. The monoisotopic (exact) mass is 586 g/mol. The molecule has 1 aromatic heterocycles. The summed E-state index contributed by atoms with van der Waals surface area (Å²) in [7, 11) is -3.78. The van der Waals surface area contributed by atoms with E-state index in [0.717, 1.165) is 34.2 Å². The second kappa shape index (κ2) is 11.8. The van der Waals surface area contributed by atoms with Gasteiger partial charge in [0.1, 0.15) is 0 Å². The van der Waals surface area contributed by atoms with Crippen molar-refractivity contribution < 1.29 is 27.5 Å². The Labute approximate surface area is 238 Å². The van der Waals surface area contributed by atoms with Crippen molar-refractivity contribution in [2.45, 2.75) is 44.6 Å². The first-order valence-corrected chi connectivity index (χ1v) is 15.8. The number of anilines is 1. The third-order valence-corrected chi connectivity index (χ3v) is 10.4. The Kier molecular flexibility index (Phi) is 8.41. The molecule has 2 fully saturated rings. The number of nitrogens with zero attached hydrogens (tertiary/aromatic N) is 4. The molecule has 0 bridgehead atoms. The molecule has 2 aromatic carbocycles. The lowest BCUT2D eigenvalue weighted by atomic mass is 10.1. The SMILES string of the molecule is CCOC(=O)N1CCN(S(=O)(=O)c2ccc(C(=O)N(CC3CCCO3)c3nc4c(C)c(C)ccc4s3)cc2)CC1. The number of sulfonamides is 1. The molecule has 0 aliphatic carbocycles. The van der Waals surface area contributed by atoms with Gasteiger partial charge in [-0.3, -0.25) is 9.69 Å². The Bertz CT molecular complexity index is 1490. The molecule has 2 aliphatic rings. The van der Waals surface area contributed by atoms with Gasteiger partial charge in [-0.05, 0) is 75.1 Å². The topological polar surface area (TPSA) is 109 Å². The van der Waals surface area contributed by atoms with Gasteiger partial charge in [-0.25, -0.2) is 18.2 Å². The van der Waals surface area contributed by atoms with Crippen LogP contribution in [0.15, 0.2) is 41.3 Å². The molecule has 12 heteroatoms. The minimum absolute atomic E-state index is 0.0771. The first kappa shape index (κ1) is 28.5. The van der Waals surface area contributed by atoms with Crippen LogP contribution in [0.2, 0.25) is 0 Å². The zero-order valence-corrected chi connectivity index (χ0v) is 24.6. The van der Waals surface area contributed by atoms with Crippen LogP contribution in [0.25, 0.3) is 10.2 Å². The summed E-state index contributed by atoms with van der Waals surface area (Å²) in [5, 5.41) is 0.598. The third kappa shape index (κ3) is 5.71. The van der Waals surface area contributed by atoms with Crippen LogP contribution >= 0.6 is 11.3 Å². The quantitative estimate of drug-likeness (QED) is 0.408. The van der Waals surface area contributed by atoms with Crippen LogP contribution < -0.4 is 4.90 Å². The van der Waals surface area contributed by atoms with Crippen LogP contribution in [0.4, 0.5) is 9.93 Å². The summed E-state index contributed by atoms with van der Waals surface area (Å²) >= 11 is 1.46. The van der Waals surface area contributed by atoms with Crippen LogP contribution in [0.3, 0.4) is 0 Å². The fourth-order valence-electron chi connectivity index (χ4n) is 4.97. The summed E-state index contributed by atoms with van der Waals surface area (Å²) < 4.78 is 39.8. The minimum atomic E-state index is -3.78. The predicted molar refractivity (Wildman–Crippen MR) is 154 cm³/mol. The van der Waals surface area contributed by atoms with E-state index in [0.29, 0.717) is 23.8 Å². The summed E-state index contributed by atoms with van der Waals surface area (Å²) in [4.78, 5) is 33.9. The third-order valence-electron chi connectivity index (χ3n) is 7.46. The van der Waals surface area contributed by atoms with E-state index in [4.69, 9.17) is 14.5 Å². The van der Waals surface area contributed by atoms with Crippen LogP contribution in [-0.4, -0.2) is 86.6 Å². The molecule has 0 N–H and O–H groups in total. The van der Waals surface area contributed by atoms with Crippen molar-refractivity contribution in [3.63, 3.8) is 0 Å². The van der Waals surface area contributed by atoms with Gasteiger partial charge in [-0.1, -0.05) is 17.4 Å². The van der Waals surface area contributed by atoms with Gasteiger partial charge in [-0.15, -0.1) is 0 Å². The molecule has 2 amide bonds. The largest absolute Gasteiger partial charge is 0.450 e. The Hall–Kier alpha value is -3.06. The summed E-state index contributed by atoms with van der Waals surface area (Å²) in [6, 6.07) is 10.1. The van der Waals surface area contributed by atoms with Crippen LogP contribution in [0.1, 0.15) is 41.3 Å². The lowest BCUT2D eigenvalue weighted by molar-refractivity contribution is 0.0916. The highest BCUT2D eigenvalue weighted by atomic mass is 32.2. The van der Waals surface area contributed by atoms with Crippen LogP contribution in [0, 0.1) is 13.8 Å². The number of carbonyl (C=O) groups is 2. The van der Waals surface area contributed by atoms with E-state index in [-0.39, 0.29) is 49.7 Å². The number of hydrogen-bond donors (Lipinski definition) is 0. The number of benzene rings is 2. The molecular weight excluding hydrogens is 552 g/mol. The van der Waals surface area contributed by atoms with Gasteiger partial charge in [0, 0.05) is 38.3 Å². The van der Waals surface area contributed by atoms with Gasteiger partial charge in [0.15, 0.2) is 5.13 Å². The molecular formula is C28H34N4O6S2. The van der Waals surface area contributed by atoms with E-state index in [2.05, 4.69) is 6.07 Å². The summed E-state index contributed by atoms with van der Waals surface area (Å²) in [5.74, 6) is -0.254. The standard InChI is InChI=1S/C28H34N4O6S2/c1-4-37-28(34)30-13-15-31(16-14-30)40(35,36)23-10-8-21(9-11-23)26(33)32(18-22-6-5-17-38-22)27-29-25-20(3)19(2)7-12-24(25)39-27/h7-12,22H,4-6,13-18H2,1-3H3. The van der Waals surface area contributed by atoms with Gasteiger partial charge in [0.2, 0.25) is 10.0 Å². The molecule has 2 aliphatic heterocycles. The molecule has 1 atom stereocenters. The number of rotatable bonds is 7. The highest BCUT2D eigenvalue weighted by Crippen LogP contribution is 2.33. The van der Waals surface area contributed by atoms with E-state index in [1.54, 1.807) is 24.0 Å². The zero-order valence-electron chi connectivity index (χ0n) is 23.0. The average Bonchev–Trinajstić information content (AvgIpc) is 3.64. The fourth-order valence-corrected chi connectivity index (χ4v) is 7.42. The minimum Gasteiger partial charge on any atom is -0.450 e. The predicted octanol–water partition coefficient (Wildman–Crippen LogP) is 4.20. The molecule has 2 saturated heterocycles. The fraction of sp³-hybridized carbons (Fsp3) is 0.464. The lowest BCUT2D eigenvalue weighted by Crippen LogP contribution is -2.50. The summed E-state index contributed by atoms with van der Waals surface area (Å²) in [6.45, 7) is 7.99. The maximum absolute atomic E-state index is 13.8. The molecule has 40 heavy (non-hydrogen) atoms. The summed E-state index contributed by atoms with van der Waals surface area (Å²) in [6.07, 6.45) is 1.30. The molecule has 0 radical (unpaired) electrons. The Morgan fingerprint density at radius 1 is 1.10 bits per heavy atom. The van der Waals surface area contributed by atoms with E-state index in [9.17, 15) is 18.0 Å². The molecule has 3 aromatic rings. The van der Waals surface area contributed by atoms with Gasteiger partial charge in [-0.2, -0.15) is 4.31 Å². The van der Waals surface area contributed by atoms with Crippen LogP contribution in [0.5, 0.6) is 0 Å². The lowest BCUT2D eigenvalue weighted by Gasteiger charge is -2.33. The second-order valence-electron chi connectivity index (χ2n) is 10.0. The number of hydrogen-bond acceptors (Lipinski definition) is 8. The number of fused-ring (bicyclic) bond motifs is 1. The normalized spacial score (nSPS) is 18.3. The van der Waals surface area contributed by atoms with E-state index < -0.39 is 16.1 Å². The number of piperazine rings is 1. The second-order valence-corrected chi connectivity index (χ2v) is 13.0. The molecule has 10 nitrogen and oxygen atoms in total. The maximum Gasteiger partial charge on any atom is 0.409 e. The number of aryl methyl sites for hydroxylation is 2. The van der Waals surface area contributed by atoms with Crippen molar-refractivity contribution in [3.05, 3.63) is 53.1 Å². The molecule has 5 rings (SSSR count). The Morgan fingerprint density at radius 2 is 1.82 bits per heavy atom. The first-order valence-electron chi connectivity index (χ1n) is 13.5. The first-order chi connectivity index (χ1) is 19.2. The molecule has 0 spiro atoms. The van der Waals surface area contributed by atoms with E-state index in [1.807, 2.05) is 19.9 Å². The number of thiazole rings is 1. The van der Waals surface area contributed by atoms with Crippen molar-refractivity contribution in [1.29, 1.82) is 0 Å². The average molecular weight is 587 g/mol. The van der Waals surface area contributed by atoms with Crippen molar-refractivity contribution in [1.82, 2.24) is 14.2 Å². The van der Waals surface area contributed by atoms with Crippen molar-refractivity contribution in [2.75, 3.05) is 50.8 Å². The molecule has 214 valence electrons. The van der Waals surface area contributed by atoms with Gasteiger partial charge in [0.05, 0.1) is 34.4 Å². The van der Waals surface area contributed by atoms with Crippen molar-refractivity contribution in [2.24, 2.45) is 0 Å². The molecule has 3 heterocycles. The Balaban J connectivity index is 1.36. The maximum atomic E-state index is 13.8. The highest BCUT2D eigenvalue weighted by molar-refractivity contribution is 7.89. The molecule has 0 saturated carbocycles. The van der Waals surface area contributed by atoms with Crippen molar-refractivity contribution in [3.8, 4) is 0 Å². The van der Waals surface area contributed by atoms with Gasteiger partial charge in [0.25, 0.3) is 5.91 Å². The van der Waals surface area contributed by atoms with E-state index >= 15 is 0 Å². The van der Waals surface area contributed by atoms with Gasteiger partial charge < -0.3 is 14.4 Å². The van der Waals surface area contributed by atoms with Gasteiger partial charge >= 0.3 is 6.09 Å². The van der Waals surface area contributed by atoms with Crippen LogP contribution in [-0.2, 0) is 19.5 Å². The van der Waals surface area contributed by atoms with E-state index in [1.165, 1.54) is 32.7 Å².